The molecule has 124 valence electrons. The smallest absolute Gasteiger partial charge is 0.256 e. The maximum atomic E-state index is 9.01. The molecule has 1 aliphatic heterocycles. The van der Waals surface area contributed by atoms with E-state index in [2.05, 4.69) is 20.1 Å². The SMILES string of the molecule is N#Cc1nccnc1Oc1ccc(-c2noc(C3CCCO3)n2)cc1. The van der Waals surface area contributed by atoms with Gasteiger partial charge in [0, 0.05) is 24.6 Å². The number of nitrogens with zero attached hydrogens (tertiary/aromatic N) is 5. The minimum atomic E-state index is -0.107. The molecule has 0 saturated carbocycles. The van der Waals surface area contributed by atoms with Crippen LogP contribution in [-0.2, 0) is 4.74 Å². The van der Waals surface area contributed by atoms with E-state index in [1.54, 1.807) is 12.1 Å². The predicted octanol–water partition coefficient (Wildman–Crippen LogP) is 3.04. The highest BCUT2D eigenvalue weighted by Crippen LogP contribution is 2.29. The molecule has 1 aliphatic rings. The molecule has 1 unspecified atom stereocenters. The van der Waals surface area contributed by atoms with Crippen LogP contribution in [0.3, 0.4) is 0 Å². The van der Waals surface area contributed by atoms with Crippen LogP contribution in [0.4, 0.5) is 0 Å². The third kappa shape index (κ3) is 3.18. The van der Waals surface area contributed by atoms with Gasteiger partial charge < -0.3 is 14.0 Å². The molecule has 2 aromatic heterocycles. The van der Waals surface area contributed by atoms with Crippen molar-refractivity contribution < 1.29 is 14.0 Å². The van der Waals surface area contributed by atoms with E-state index in [9.17, 15) is 0 Å². The second-order valence-electron chi connectivity index (χ2n) is 5.41. The fraction of sp³-hybridized carbons (Fsp3) is 0.235. The van der Waals surface area contributed by atoms with Crippen LogP contribution in [0.25, 0.3) is 11.4 Å². The van der Waals surface area contributed by atoms with E-state index in [4.69, 9.17) is 19.3 Å². The third-order valence-electron chi connectivity index (χ3n) is 3.74. The first-order valence-electron chi connectivity index (χ1n) is 7.78. The van der Waals surface area contributed by atoms with Crippen LogP contribution in [0.15, 0.2) is 41.2 Å². The Morgan fingerprint density at radius 1 is 1.16 bits per heavy atom. The van der Waals surface area contributed by atoms with Gasteiger partial charge in [0.05, 0.1) is 0 Å². The first-order chi connectivity index (χ1) is 12.3. The molecule has 0 aliphatic carbocycles. The number of rotatable bonds is 4. The van der Waals surface area contributed by atoms with Gasteiger partial charge in [-0.3, -0.25) is 0 Å². The second kappa shape index (κ2) is 6.67. The van der Waals surface area contributed by atoms with Crippen molar-refractivity contribution in [2.24, 2.45) is 0 Å². The molecule has 1 atom stereocenters. The van der Waals surface area contributed by atoms with Crippen LogP contribution in [0, 0.1) is 11.3 Å². The topological polar surface area (TPSA) is 107 Å². The first kappa shape index (κ1) is 15.2. The fourth-order valence-electron chi connectivity index (χ4n) is 2.52. The molecule has 0 bridgehead atoms. The number of benzene rings is 1. The molecule has 8 heteroatoms. The molecule has 1 fully saturated rings. The summed E-state index contributed by atoms with van der Waals surface area (Å²) in [4.78, 5) is 12.3. The summed E-state index contributed by atoms with van der Waals surface area (Å²) in [6.45, 7) is 0.724. The van der Waals surface area contributed by atoms with Crippen molar-refractivity contribution in [2.75, 3.05) is 6.61 Å². The van der Waals surface area contributed by atoms with Gasteiger partial charge in [0.15, 0.2) is 0 Å². The van der Waals surface area contributed by atoms with Crippen molar-refractivity contribution in [2.45, 2.75) is 18.9 Å². The molecule has 25 heavy (non-hydrogen) atoms. The van der Waals surface area contributed by atoms with Gasteiger partial charge in [0.2, 0.25) is 11.5 Å². The molecule has 1 aromatic carbocycles. The second-order valence-corrected chi connectivity index (χ2v) is 5.41. The summed E-state index contributed by atoms with van der Waals surface area (Å²) in [6.07, 6.45) is 4.70. The number of aromatic nitrogens is 4. The molecule has 3 heterocycles. The summed E-state index contributed by atoms with van der Waals surface area (Å²) < 4.78 is 16.4. The van der Waals surface area contributed by atoms with Crippen molar-refractivity contribution in [1.82, 2.24) is 20.1 Å². The Morgan fingerprint density at radius 3 is 2.76 bits per heavy atom. The van der Waals surface area contributed by atoms with Crippen molar-refractivity contribution in [3.8, 4) is 29.1 Å². The molecule has 4 rings (SSSR count). The summed E-state index contributed by atoms with van der Waals surface area (Å²) in [5.41, 5.74) is 0.922. The zero-order chi connectivity index (χ0) is 17.1. The van der Waals surface area contributed by atoms with E-state index in [1.165, 1.54) is 12.4 Å². The van der Waals surface area contributed by atoms with E-state index in [1.807, 2.05) is 18.2 Å². The van der Waals surface area contributed by atoms with Crippen LogP contribution in [-0.4, -0.2) is 26.7 Å². The van der Waals surface area contributed by atoms with Gasteiger partial charge in [-0.2, -0.15) is 10.2 Å². The molecular weight excluding hydrogens is 322 g/mol. The Hall–Kier alpha value is -3.31. The largest absolute Gasteiger partial charge is 0.437 e. The van der Waals surface area contributed by atoms with Crippen LogP contribution >= 0.6 is 0 Å². The monoisotopic (exact) mass is 335 g/mol. The zero-order valence-corrected chi connectivity index (χ0v) is 13.1. The Labute approximate surface area is 143 Å². The van der Waals surface area contributed by atoms with E-state index < -0.39 is 0 Å². The Balaban J connectivity index is 1.51. The van der Waals surface area contributed by atoms with E-state index in [0.717, 1.165) is 25.0 Å². The zero-order valence-electron chi connectivity index (χ0n) is 13.1. The summed E-state index contributed by atoms with van der Waals surface area (Å²) in [6, 6.07) is 9.04. The summed E-state index contributed by atoms with van der Waals surface area (Å²) >= 11 is 0. The predicted molar refractivity (Wildman–Crippen MR) is 84.5 cm³/mol. The maximum Gasteiger partial charge on any atom is 0.256 e. The van der Waals surface area contributed by atoms with E-state index >= 15 is 0 Å². The highest BCUT2D eigenvalue weighted by molar-refractivity contribution is 5.55. The van der Waals surface area contributed by atoms with Crippen molar-refractivity contribution in [1.29, 1.82) is 5.26 Å². The lowest BCUT2D eigenvalue weighted by Crippen LogP contribution is -1.95. The minimum Gasteiger partial charge on any atom is -0.437 e. The lowest BCUT2D eigenvalue weighted by atomic mass is 10.2. The first-order valence-corrected chi connectivity index (χ1v) is 7.78. The lowest BCUT2D eigenvalue weighted by Gasteiger charge is -2.05. The van der Waals surface area contributed by atoms with Gasteiger partial charge >= 0.3 is 0 Å². The molecular formula is C17H13N5O3. The van der Waals surface area contributed by atoms with Crippen molar-refractivity contribution in [3.05, 3.63) is 48.2 Å². The van der Waals surface area contributed by atoms with Gasteiger partial charge in [0.1, 0.15) is 17.9 Å². The molecule has 0 N–H and O–H groups in total. The minimum absolute atomic E-state index is 0.107. The van der Waals surface area contributed by atoms with Crippen molar-refractivity contribution >= 4 is 0 Å². The maximum absolute atomic E-state index is 9.01. The fourth-order valence-corrected chi connectivity index (χ4v) is 2.52. The van der Waals surface area contributed by atoms with E-state index in [0.29, 0.717) is 17.5 Å². The van der Waals surface area contributed by atoms with Crippen LogP contribution in [0.5, 0.6) is 11.6 Å². The molecule has 8 nitrogen and oxygen atoms in total. The van der Waals surface area contributed by atoms with Gasteiger partial charge in [-0.05, 0) is 37.1 Å². The standard InChI is InChI=1S/C17H13N5O3/c18-10-13-16(20-8-7-19-13)24-12-5-3-11(4-6-12)15-21-17(25-22-15)14-2-1-9-23-14/h3-8,14H,1-2,9H2. The van der Waals surface area contributed by atoms with Crippen LogP contribution < -0.4 is 4.74 Å². The van der Waals surface area contributed by atoms with E-state index in [-0.39, 0.29) is 17.7 Å². The number of nitriles is 1. The molecule has 1 saturated heterocycles. The third-order valence-corrected chi connectivity index (χ3v) is 3.74. The molecule has 0 radical (unpaired) electrons. The Bertz CT molecular complexity index is 911. The highest BCUT2D eigenvalue weighted by atomic mass is 16.5. The highest BCUT2D eigenvalue weighted by Gasteiger charge is 2.24. The molecule has 0 spiro atoms. The Morgan fingerprint density at radius 2 is 2.00 bits per heavy atom. The number of ether oxygens (including phenoxy) is 2. The van der Waals surface area contributed by atoms with Gasteiger partial charge in [0.25, 0.3) is 11.8 Å². The Kier molecular flexibility index (Phi) is 4.06. The summed E-state index contributed by atoms with van der Waals surface area (Å²) in [5.74, 6) is 1.70. The summed E-state index contributed by atoms with van der Waals surface area (Å²) in [7, 11) is 0. The normalized spacial score (nSPS) is 16.5. The average Bonchev–Trinajstić information content (AvgIpc) is 3.34. The van der Waals surface area contributed by atoms with Crippen LogP contribution in [0.1, 0.15) is 30.5 Å². The van der Waals surface area contributed by atoms with Gasteiger partial charge in [-0.25, -0.2) is 9.97 Å². The van der Waals surface area contributed by atoms with Gasteiger partial charge in [-0.15, -0.1) is 0 Å². The number of hydrogen-bond acceptors (Lipinski definition) is 8. The van der Waals surface area contributed by atoms with Gasteiger partial charge in [-0.1, -0.05) is 5.16 Å². The molecule has 0 amide bonds. The number of hydrogen-bond donors (Lipinski definition) is 0. The quantitative estimate of drug-likeness (QED) is 0.716. The summed E-state index contributed by atoms with van der Waals surface area (Å²) in [5, 5.41) is 13.0. The van der Waals surface area contributed by atoms with Crippen LogP contribution in [0.2, 0.25) is 0 Å². The average molecular weight is 335 g/mol. The van der Waals surface area contributed by atoms with Crippen molar-refractivity contribution in [3.63, 3.8) is 0 Å². The molecule has 3 aromatic rings. The lowest BCUT2D eigenvalue weighted by molar-refractivity contribution is 0.0835.